The van der Waals surface area contributed by atoms with Crippen molar-refractivity contribution in [3.63, 3.8) is 0 Å². The number of hydrazine groups is 1. The van der Waals surface area contributed by atoms with E-state index >= 15 is 0 Å². The van der Waals surface area contributed by atoms with E-state index in [1.807, 2.05) is 20.0 Å². The van der Waals surface area contributed by atoms with Crippen molar-refractivity contribution in [1.82, 2.24) is 16.2 Å². The Labute approximate surface area is 160 Å². The van der Waals surface area contributed by atoms with E-state index in [-0.39, 0.29) is 5.91 Å². The van der Waals surface area contributed by atoms with Crippen LogP contribution >= 0.6 is 22.6 Å². The van der Waals surface area contributed by atoms with Crippen molar-refractivity contribution in [2.75, 3.05) is 20.6 Å². The number of carbonyl (C=O) groups is 1. The van der Waals surface area contributed by atoms with Gasteiger partial charge in [0.25, 0.3) is 0 Å². The van der Waals surface area contributed by atoms with Gasteiger partial charge in [0.1, 0.15) is 0 Å². The summed E-state index contributed by atoms with van der Waals surface area (Å²) in [5.74, 6) is 0.0292. The lowest BCUT2D eigenvalue weighted by Crippen LogP contribution is -2.47. The van der Waals surface area contributed by atoms with Crippen LogP contribution in [0.4, 0.5) is 0 Å². The van der Waals surface area contributed by atoms with Crippen LogP contribution in [0.5, 0.6) is 0 Å². The fourth-order valence-corrected chi connectivity index (χ4v) is 3.66. The first-order valence-electron chi connectivity index (χ1n) is 8.63. The molecule has 0 radical (unpaired) electrons. The summed E-state index contributed by atoms with van der Waals surface area (Å²) in [6.07, 6.45) is 4.16. The molecular weight excluding hydrogens is 413 g/mol. The van der Waals surface area contributed by atoms with Crippen molar-refractivity contribution >= 4 is 28.5 Å². The quantitative estimate of drug-likeness (QED) is 0.293. The van der Waals surface area contributed by atoms with Crippen molar-refractivity contribution in [3.05, 3.63) is 33.4 Å². The molecule has 0 unspecified atom stereocenters. The van der Waals surface area contributed by atoms with Crippen molar-refractivity contribution in [2.45, 2.75) is 51.9 Å². The Morgan fingerprint density at radius 2 is 1.79 bits per heavy atom. The zero-order valence-corrected chi connectivity index (χ0v) is 17.8. The van der Waals surface area contributed by atoms with Crippen LogP contribution in [0, 0.1) is 8.99 Å². The highest BCUT2D eigenvalue weighted by Gasteiger charge is 2.34. The number of rotatable bonds is 10. The van der Waals surface area contributed by atoms with Gasteiger partial charge >= 0.3 is 0 Å². The second-order valence-corrected chi connectivity index (χ2v) is 8.69. The van der Waals surface area contributed by atoms with E-state index in [1.165, 1.54) is 0 Å². The first-order chi connectivity index (χ1) is 11.2. The molecule has 1 rings (SSSR count). The molecule has 0 bridgehead atoms. The van der Waals surface area contributed by atoms with Crippen LogP contribution in [0.25, 0.3) is 0 Å². The molecule has 24 heavy (non-hydrogen) atoms. The van der Waals surface area contributed by atoms with Gasteiger partial charge in [-0.1, -0.05) is 38.8 Å². The van der Waals surface area contributed by atoms with Crippen molar-refractivity contribution in [2.24, 2.45) is 5.41 Å². The Hall–Kier alpha value is -0.660. The molecule has 3 N–H and O–H groups in total. The van der Waals surface area contributed by atoms with Gasteiger partial charge in [-0.05, 0) is 79.1 Å². The number of benzene rings is 1. The molecule has 4 nitrogen and oxygen atoms in total. The third-order valence-corrected chi connectivity index (χ3v) is 5.31. The standard InChI is InChI=1S/C19H32IN3O/c1-18(2,14-21-4)11-6-7-12-19(3,17(24)23-22-5)15-9-8-10-16(20)13-15/h8-10,13,21-22H,6-7,11-12,14H2,1-5H3,(H,23,24)/t19-/m1/s1. The molecule has 0 spiro atoms. The minimum absolute atomic E-state index is 0.0292. The molecular formula is C19H32IN3O. The van der Waals surface area contributed by atoms with Crippen LogP contribution in [-0.4, -0.2) is 26.5 Å². The summed E-state index contributed by atoms with van der Waals surface area (Å²) in [5, 5.41) is 3.26. The maximum absolute atomic E-state index is 12.7. The summed E-state index contributed by atoms with van der Waals surface area (Å²) in [6, 6.07) is 8.25. The highest BCUT2D eigenvalue weighted by Crippen LogP contribution is 2.32. The van der Waals surface area contributed by atoms with E-state index in [0.29, 0.717) is 5.41 Å². The molecule has 136 valence electrons. The highest BCUT2D eigenvalue weighted by molar-refractivity contribution is 14.1. The first-order valence-corrected chi connectivity index (χ1v) is 9.71. The molecule has 0 heterocycles. The number of nitrogens with one attached hydrogen (secondary N) is 3. The summed E-state index contributed by atoms with van der Waals surface area (Å²) in [6.45, 7) is 7.64. The summed E-state index contributed by atoms with van der Waals surface area (Å²) < 4.78 is 1.16. The average Bonchev–Trinajstić information content (AvgIpc) is 2.51. The Kier molecular flexibility index (Phi) is 8.67. The normalized spacial score (nSPS) is 14.2. The minimum atomic E-state index is -0.517. The van der Waals surface area contributed by atoms with E-state index in [9.17, 15) is 4.79 Å². The zero-order chi connectivity index (χ0) is 18.2. The van der Waals surface area contributed by atoms with Crippen LogP contribution < -0.4 is 16.2 Å². The molecule has 1 atom stereocenters. The van der Waals surface area contributed by atoms with Gasteiger partial charge in [-0.25, -0.2) is 5.43 Å². The van der Waals surface area contributed by atoms with Crippen LogP contribution in [0.1, 0.15) is 52.0 Å². The van der Waals surface area contributed by atoms with Crippen molar-refractivity contribution in [3.8, 4) is 0 Å². The summed E-state index contributed by atoms with van der Waals surface area (Å²) in [5.41, 5.74) is 6.42. The van der Waals surface area contributed by atoms with Gasteiger partial charge in [0.2, 0.25) is 5.91 Å². The number of hydrogen-bond acceptors (Lipinski definition) is 3. The molecule has 1 aromatic rings. The predicted octanol–water partition coefficient (Wildman–Crippen LogP) is 3.61. The molecule has 0 saturated carbocycles. The van der Waals surface area contributed by atoms with Gasteiger partial charge in [-0.2, -0.15) is 0 Å². The summed E-state index contributed by atoms with van der Waals surface area (Å²) >= 11 is 2.30. The lowest BCUT2D eigenvalue weighted by atomic mass is 9.76. The summed E-state index contributed by atoms with van der Waals surface area (Å²) in [4.78, 5) is 12.7. The van der Waals surface area contributed by atoms with Gasteiger partial charge in [0.15, 0.2) is 0 Å². The topological polar surface area (TPSA) is 53.2 Å². The molecule has 0 aliphatic heterocycles. The third-order valence-electron chi connectivity index (χ3n) is 4.64. The van der Waals surface area contributed by atoms with E-state index in [4.69, 9.17) is 0 Å². The largest absolute Gasteiger partial charge is 0.319 e. The number of amides is 1. The van der Waals surface area contributed by atoms with Gasteiger partial charge in [0.05, 0.1) is 5.41 Å². The van der Waals surface area contributed by atoms with Crippen LogP contribution in [0.15, 0.2) is 24.3 Å². The van der Waals surface area contributed by atoms with Gasteiger partial charge in [-0.15, -0.1) is 0 Å². The van der Waals surface area contributed by atoms with Gasteiger partial charge < -0.3 is 5.32 Å². The second kappa shape index (κ2) is 9.73. The molecule has 0 aliphatic rings. The summed E-state index contributed by atoms with van der Waals surface area (Å²) in [7, 11) is 3.73. The molecule has 0 aliphatic carbocycles. The number of unbranched alkanes of at least 4 members (excludes halogenated alkanes) is 1. The van der Waals surface area contributed by atoms with Crippen molar-refractivity contribution in [1.29, 1.82) is 0 Å². The smallest absolute Gasteiger partial charge is 0.244 e. The fraction of sp³-hybridized carbons (Fsp3) is 0.632. The van der Waals surface area contributed by atoms with Crippen molar-refractivity contribution < 1.29 is 4.79 Å². The monoisotopic (exact) mass is 445 g/mol. The maximum atomic E-state index is 12.7. The Morgan fingerprint density at radius 1 is 1.12 bits per heavy atom. The molecule has 1 aromatic carbocycles. The molecule has 1 amide bonds. The van der Waals surface area contributed by atoms with Crippen LogP contribution in [0.3, 0.4) is 0 Å². The van der Waals surface area contributed by atoms with E-state index in [0.717, 1.165) is 41.4 Å². The molecule has 0 saturated heterocycles. The number of halogens is 1. The lowest BCUT2D eigenvalue weighted by molar-refractivity contribution is -0.127. The maximum Gasteiger partial charge on any atom is 0.244 e. The van der Waals surface area contributed by atoms with Crippen LogP contribution in [-0.2, 0) is 10.2 Å². The predicted molar refractivity (Wildman–Crippen MR) is 110 cm³/mol. The third kappa shape index (κ3) is 6.33. The Bertz CT molecular complexity index is 533. The zero-order valence-electron chi connectivity index (χ0n) is 15.6. The van der Waals surface area contributed by atoms with Gasteiger partial charge in [0, 0.05) is 10.6 Å². The Morgan fingerprint density at radius 3 is 2.38 bits per heavy atom. The number of hydrogen-bond donors (Lipinski definition) is 3. The highest BCUT2D eigenvalue weighted by atomic mass is 127. The van der Waals surface area contributed by atoms with Gasteiger partial charge in [-0.3, -0.25) is 10.2 Å². The first kappa shape index (κ1) is 21.4. The van der Waals surface area contributed by atoms with E-state index < -0.39 is 5.41 Å². The minimum Gasteiger partial charge on any atom is -0.319 e. The number of carbonyl (C=O) groups excluding carboxylic acids is 1. The van der Waals surface area contributed by atoms with E-state index in [1.54, 1.807) is 7.05 Å². The van der Waals surface area contributed by atoms with E-state index in [2.05, 4.69) is 70.8 Å². The second-order valence-electron chi connectivity index (χ2n) is 7.45. The lowest BCUT2D eigenvalue weighted by Gasteiger charge is -2.30. The van der Waals surface area contributed by atoms with Crippen LogP contribution in [0.2, 0.25) is 0 Å². The molecule has 5 heteroatoms. The SMILES string of the molecule is CNCC(C)(C)CCCC[C@@](C)(C(=O)NNC)c1cccc(I)c1. The Balaban J connectivity index is 2.79. The molecule has 0 fully saturated rings. The fourth-order valence-electron chi connectivity index (χ4n) is 3.12. The molecule has 0 aromatic heterocycles. The average molecular weight is 445 g/mol.